The zero-order valence-corrected chi connectivity index (χ0v) is 8.10. The SMILES string of the molecule is C=Cc1c(C(=O)O)ccc2ccccc12. The first-order chi connectivity index (χ1) is 7.24. The summed E-state index contributed by atoms with van der Waals surface area (Å²) in [5.41, 5.74) is 0.976. The van der Waals surface area contributed by atoms with Crippen LogP contribution in [0.15, 0.2) is 43.0 Å². The summed E-state index contributed by atoms with van der Waals surface area (Å²) in [4.78, 5) is 11.0. The maximum Gasteiger partial charge on any atom is 0.336 e. The van der Waals surface area contributed by atoms with Gasteiger partial charge in [-0.3, -0.25) is 0 Å². The molecule has 0 saturated carbocycles. The molecule has 0 bridgehead atoms. The van der Waals surface area contributed by atoms with Crippen LogP contribution < -0.4 is 0 Å². The van der Waals surface area contributed by atoms with Gasteiger partial charge in [0.05, 0.1) is 5.56 Å². The number of aromatic carboxylic acids is 1. The molecule has 0 aliphatic heterocycles. The lowest BCUT2D eigenvalue weighted by atomic mass is 9.99. The smallest absolute Gasteiger partial charge is 0.336 e. The second-order valence-corrected chi connectivity index (χ2v) is 3.26. The van der Waals surface area contributed by atoms with Crippen LogP contribution in [0.4, 0.5) is 0 Å². The van der Waals surface area contributed by atoms with E-state index in [1.54, 1.807) is 12.1 Å². The first-order valence-corrected chi connectivity index (χ1v) is 4.61. The molecule has 0 fully saturated rings. The molecule has 0 aromatic heterocycles. The lowest BCUT2D eigenvalue weighted by Gasteiger charge is -2.05. The van der Waals surface area contributed by atoms with E-state index in [-0.39, 0.29) is 0 Å². The van der Waals surface area contributed by atoms with Crippen molar-refractivity contribution in [3.63, 3.8) is 0 Å². The average Bonchev–Trinajstić information content (AvgIpc) is 2.27. The molecule has 0 saturated heterocycles. The summed E-state index contributed by atoms with van der Waals surface area (Å²) in [7, 11) is 0. The summed E-state index contributed by atoms with van der Waals surface area (Å²) < 4.78 is 0. The van der Waals surface area contributed by atoms with Crippen molar-refractivity contribution in [1.82, 2.24) is 0 Å². The molecule has 0 aliphatic carbocycles. The topological polar surface area (TPSA) is 37.3 Å². The number of rotatable bonds is 2. The first-order valence-electron chi connectivity index (χ1n) is 4.61. The molecule has 0 radical (unpaired) electrons. The third kappa shape index (κ3) is 1.50. The maximum atomic E-state index is 11.0. The fraction of sp³-hybridized carbons (Fsp3) is 0. The van der Waals surface area contributed by atoms with Gasteiger partial charge >= 0.3 is 5.97 Å². The zero-order valence-electron chi connectivity index (χ0n) is 8.10. The summed E-state index contributed by atoms with van der Waals surface area (Å²) in [6.07, 6.45) is 1.59. The van der Waals surface area contributed by atoms with Crippen LogP contribution in [0.5, 0.6) is 0 Å². The van der Waals surface area contributed by atoms with Gasteiger partial charge in [-0.05, 0) is 22.4 Å². The summed E-state index contributed by atoms with van der Waals surface area (Å²) in [6.45, 7) is 3.66. The molecule has 15 heavy (non-hydrogen) atoms. The average molecular weight is 198 g/mol. The van der Waals surface area contributed by atoms with E-state index in [4.69, 9.17) is 5.11 Å². The Morgan fingerprint density at radius 3 is 2.60 bits per heavy atom. The molecule has 2 aromatic rings. The van der Waals surface area contributed by atoms with E-state index in [9.17, 15) is 4.79 Å². The molecule has 2 aromatic carbocycles. The molecule has 2 nitrogen and oxygen atoms in total. The predicted octanol–water partition coefficient (Wildman–Crippen LogP) is 3.18. The van der Waals surface area contributed by atoms with Crippen molar-refractivity contribution in [2.24, 2.45) is 0 Å². The highest BCUT2D eigenvalue weighted by molar-refractivity contribution is 6.01. The minimum atomic E-state index is -0.921. The Morgan fingerprint density at radius 2 is 1.93 bits per heavy atom. The number of fused-ring (bicyclic) bond motifs is 1. The first kappa shape index (κ1) is 9.46. The Labute approximate surface area is 87.5 Å². The lowest BCUT2D eigenvalue weighted by molar-refractivity contribution is 0.0697. The summed E-state index contributed by atoms with van der Waals surface area (Å²) in [5, 5.41) is 11.0. The summed E-state index contributed by atoms with van der Waals surface area (Å²) >= 11 is 0. The van der Waals surface area contributed by atoms with Crippen LogP contribution in [0, 0.1) is 0 Å². The molecule has 0 heterocycles. The normalized spacial score (nSPS) is 10.1. The van der Waals surface area contributed by atoms with Gasteiger partial charge < -0.3 is 5.11 Å². The van der Waals surface area contributed by atoms with Crippen molar-refractivity contribution >= 4 is 22.8 Å². The second-order valence-electron chi connectivity index (χ2n) is 3.26. The van der Waals surface area contributed by atoms with Crippen molar-refractivity contribution in [1.29, 1.82) is 0 Å². The highest BCUT2D eigenvalue weighted by Crippen LogP contribution is 2.23. The van der Waals surface area contributed by atoms with Gasteiger partial charge in [-0.2, -0.15) is 0 Å². The van der Waals surface area contributed by atoms with E-state index in [2.05, 4.69) is 6.58 Å². The molecule has 0 aliphatic rings. The van der Waals surface area contributed by atoms with Gasteiger partial charge in [-0.1, -0.05) is 43.0 Å². The van der Waals surface area contributed by atoms with Crippen molar-refractivity contribution in [2.75, 3.05) is 0 Å². The molecule has 1 N–H and O–H groups in total. The van der Waals surface area contributed by atoms with Crippen molar-refractivity contribution in [3.05, 3.63) is 54.1 Å². The zero-order chi connectivity index (χ0) is 10.8. The molecular formula is C13H10O2. The minimum Gasteiger partial charge on any atom is -0.478 e. The van der Waals surface area contributed by atoms with E-state index in [0.29, 0.717) is 11.1 Å². The number of carboxylic acids is 1. The molecule has 2 heteroatoms. The Bertz CT molecular complexity index is 541. The van der Waals surface area contributed by atoms with E-state index in [1.807, 2.05) is 30.3 Å². The number of carboxylic acid groups (broad SMARTS) is 1. The number of benzene rings is 2. The molecule has 2 rings (SSSR count). The number of hydrogen-bond acceptors (Lipinski definition) is 1. The van der Waals surface area contributed by atoms with Gasteiger partial charge in [-0.25, -0.2) is 4.79 Å². The molecule has 0 unspecified atom stereocenters. The van der Waals surface area contributed by atoms with Crippen LogP contribution in [0.3, 0.4) is 0 Å². The Kier molecular flexibility index (Phi) is 2.26. The van der Waals surface area contributed by atoms with Gasteiger partial charge in [0.25, 0.3) is 0 Å². The van der Waals surface area contributed by atoms with Crippen LogP contribution in [-0.4, -0.2) is 11.1 Å². The highest BCUT2D eigenvalue weighted by Gasteiger charge is 2.09. The van der Waals surface area contributed by atoms with Crippen LogP contribution in [-0.2, 0) is 0 Å². The predicted molar refractivity (Wildman–Crippen MR) is 61.0 cm³/mol. The third-order valence-electron chi connectivity index (χ3n) is 2.41. The van der Waals surface area contributed by atoms with Gasteiger partial charge in [-0.15, -0.1) is 0 Å². The molecular weight excluding hydrogens is 188 g/mol. The third-order valence-corrected chi connectivity index (χ3v) is 2.41. The fourth-order valence-electron chi connectivity index (χ4n) is 1.70. The Hall–Kier alpha value is -2.09. The monoisotopic (exact) mass is 198 g/mol. The Morgan fingerprint density at radius 1 is 1.20 bits per heavy atom. The van der Waals surface area contributed by atoms with E-state index in [0.717, 1.165) is 10.8 Å². The molecule has 0 atom stereocenters. The van der Waals surface area contributed by atoms with Crippen LogP contribution in [0.25, 0.3) is 16.8 Å². The molecule has 0 amide bonds. The van der Waals surface area contributed by atoms with Crippen LogP contribution in [0.1, 0.15) is 15.9 Å². The summed E-state index contributed by atoms with van der Waals surface area (Å²) in [6, 6.07) is 11.1. The van der Waals surface area contributed by atoms with Gasteiger partial charge in [0.15, 0.2) is 0 Å². The van der Waals surface area contributed by atoms with E-state index < -0.39 is 5.97 Å². The van der Waals surface area contributed by atoms with Crippen molar-refractivity contribution in [3.8, 4) is 0 Å². The maximum absolute atomic E-state index is 11.0. The second kappa shape index (κ2) is 3.58. The largest absolute Gasteiger partial charge is 0.478 e. The number of hydrogen-bond donors (Lipinski definition) is 1. The quantitative estimate of drug-likeness (QED) is 0.804. The Balaban J connectivity index is 2.87. The molecule has 74 valence electrons. The van der Waals surface area contributed by atoms with Gasteiger partial charge in [0, 0.05) is 0 Å². The van der Waals surface area contributed by atoms with E-state index >= 15 is 0 Å². The lowest BCUT2D eigenvalue weighted by Crippen LogP contribution is -1.99. The van der Waals surface area contributed by atoms with Gasteiger partial charge in [0.2, 0.25) is 0 Å². The highest BCUT2D eigenvalue weighted by atomic mass is 16.4. The van der Waals surface area contributed by atoms with Crippen LogP contribution >= 0.6 is 0 Å². The van der Waals surface area contributed by atoms with Gasteiger partial charge in [0.1, 0.15) is 0 Å². The summed E-state index contributed by atoms with van der Waals surface area (Å²) in [5.74, 6) is -0.921. The minimum absolute atomic E-state index is 0.295. The van der Waals surface area contributed by atoms with E-state index in [1.165, 1.54) is 0 Å². The van der Waals surface area contributed by atoms with Crippen molar-refractivity contribution < 1.29 is 9.90 Å². The van der Waals surface area contributed by atoms with Crippen molar-refractivity contribution in [2.45, 2.75) is 0 Å². The number of carbonyl (C=O) groups is 1. The molecule has 0 spiro atoms. The fourth-order valence-corrected chi connectivity index (χ4v) is 1.70. The standard InChI is InChI=1S/C13H10O2/c1-2-10-11-6-4-3-5-9(11)7-8-12(10)13(14)15/h2-8H,1H2,(H,14,15). The van der Waals surface area contributed by atoms with Crippen LogP contribution in [0.2, 0.25) is 0 Å².